The summed E-state index contributed by atoms with van der Waals surface area (Å²) in [5.74, 6) is 0.870. The number of benzene rings is 1. The zero-order valence-corrected chi connectivity index (χ0v) is 7.50. The molecule has 1 radical (unpaired) electrons. The van der Waals surface area contributed by atoms with E-state index in [0.717, 1.165) is 5.75 Å². The van der Waals surface area contributed by atoms with E-state index >= 15 is 0 Å². The Balaban J connectivity index is 2.39. The van der Waals surface area contributed by atoms with Crippen molar-refractivity contribution < 1.29 is 4.74 Å². The Morgan fingerprint density at radius 3 is 3.00 bits per heavy atom. The van der Waals surface area contributed by atoms with Crippen LogP contribution in [0.3, 0.4) is 0 Å². The molecule has 0 heterocycles. The third-order valence-corrected chi connectivity index (χ3v) is 1.42. The zero-order chi connectivity index (χ0) is 8.81. The van der Waals surface area contributed by atoms with E-state index < -0.39 is 0 Å². The van der Waals surface area contributed by atoms with E-state index in [0.29, 0.717) is 6.61 Å². The molecule has 1 aromatic rings. The van der Waals surface area contributed by atoms with Gasteiger partial charge in [-0.1, -0.05) is 17.7 Å². The van der Waals surface area contributed by atoms with Crippen molar-refractivity contribution in [3.05, 3.63) is 42.0 Å². The van der Waals surface area contributed by atoms with Crippen LogP contribution in [0.4, 0.5) is 0 Å². The Labute approximate surface area is 73.7 Å². The largest absolute Gasteiger partial charge is 0.490 e. The van der Waals surface area contributed by atoms with Gasteiger partial charge in [-0.05, 0) is 38.1 Å². The van der Waals surface area contributed by atoms with Crippen molar-refractivity contribution in [3.63, 3.8) is 0 Å². The van der Waals surface area contributed by atoms with Crippen molar-refractivity contribution in [1.82, 2.24) is 0 Å². The average molecular weight is 161 g/mol. The standard InChI is InChI=1S/C11H13O/c1-10(2)8-9-12-11-6-4-3-5-7-11/h3-4,6-8H,9H2,1-2H3. The summed E-state index contributed by atoms with van der Waals surface area (Å²) in [6.45, 7) is 4.75. The minimum Gasteiger partial charge on any atom is -0.490 e. The highest BCUT2D eigenvalue weighted by Crippen LogP contribution is 2.07. The molecule has 0 aliphatic rings. The van der Waals surface area contributed by atoms with E-state index in [4.69, 9.17) is 4.74 Å². The zero-order valence-electron chi connectivity index (χ0n) is 7.50. The molecule has 0 saturated carbocycles. The quantitative estimate of drug-likeness (QED) is 0.619. The van der Waals surface area contributed by atoms with Crippen LogP contribution in [0.2, 0.25) is 0 Å². The summed E-state index contributed by atoms with van der Waals surface area (Å²) in [6.07, 6.45) is 2.05. The summed E-state index contributed by atoms with van der Waals surface area (Å²) in [4.78, 5) is 0. The van der Waals surface area contributed by atoms with Crippen molar-refractivity contribution in [1.29, 1.82) is 0 Å². The number of allylic oxidation sites excluding steroid dienone is 1. The molecular formula is C11H13O. The number of hydrogen-bond acceptors (Lipinski definition) is 1. The monoisotopic (exact) mass is 161 g/mol. The van der Waals surface area contributed by atoms with E-state index in [1.807, 2.05) is 30.3 Å². The fourth-order valence-corrected chi connectivity index (χ4v) is 0.771. The highest BCUT2D eigenvalue weighted by molar-refractivity contribution is 5.20. The van der Waals surface area contributed by atoms with Crippen LogP contribution in [0.1, 0.15) is 13.8 Å². The Morgan fingerprint density at radius 2 is 2.42 bits per heavy atom. The van der Waals surface area contributed by atoms with E-state index in [1.165, 1.54) is 5.57 Å². The summed E-state index contributed by atoms with van der Waals surface area (Å²) >= 11 is 0. The molecule has 0 spiro atoms. The fraction of sp³-hybridized carbons (Fsp3) is 0.273. The Hall–Kier alpha value is -1.24. The summed E-state index contributed by atoms with van der Waals surface area (Å²) in [7, 11) is 0. The maximum atomic E-state index is 5.41. The maximum Gasteiger partial charge on any atom is 0.120 e. The van der Waals surface area contributed by atoms with Gasteiger partial charge in [0.25, 0.3) is 0 Å². The summed E-state index contributed by atoms with van der Waals surface area (Å²) < 4.78 is 5.41. The van der Waals surface area contributed by atoms with Crippen molar-refractivity contribution in [2.24, 2.45) is 0 Å². The molecule has 0 aliphatic heterocycles. The minimum atomic E-state index is 0.639. The van der Waals surface area contributed by atoms with Gasteiger partial charge in [0, 0.05) is 0 Å². The topological polar surface area (TPSA) is 9.23 Å². The second-order valence-corrected chi connectivity index (χ2v) is 2.83. The molecule has 0 aromatic heterocycles. The van der Waals surface area contributed by atoms with Gasteiger partial charge in [-0.25, -0.2) is 0 Å². The van der Waals surface area contributed by atoms with Crippen molar-refractivity contribution in [3.8, 4) is 5.75 Å². The minimum absolute atomic E-state index is 0.639. The van der Waals surface area contributed by atoms with Crippen LogP contribution in [0.5, 0.6) is 5.75 Å². The Bertz CT molecular complexity index is 245. The second kappa shape index (κ2) is 4.60. The first-order chi connectivity index (χ1) is 5.79. The molecule has 1 aromatic carbocycles. The van der Waals surface area contributed by atoms with E-state index in [-0.39, 0.29) is 0 Å². The Morgan fingerprint density at radius 1 is 1.58 bits per heavy atom. The van der Waals surface area contributed by atoms with Gasteiger partial charge in [0.05, 0.1) is 0 Å². The molecule has 0 unspecified atom stereocenters. The predicted octanol–water partition coefficient (Wildman–Crippen LogP) is 2.83. The number of hydrogen-bond donors (Lipinski definition) is 0. The van der Waals surface area contributed by atoms with Crippen molar-refractivity contribution >= 4 is 0 Å². The molecule has 0 bridgehead atoms. The Kier molecular flexibility index (Phi) is 3.39. The lowest BCUT2D eigenvalue weighted by Crippen LogP contribution is -1.93. The second-order valence-electron chi connectivity index (χ2n) is 2.83. The highest BCUT2D eigenvalue weighted by atomic mass is 16.5. The van der Waals surface area contributed by atoms with Gasteiger partial charge in [-0.3, -0.25) is 0 Å². The molecule has 0 aliphatic carbocycles. The molecular weight excluding hydrogens is 148 g/mol. The van der Waals surface area contributed by atoms with Gasteiger partial charge in [-0.15, -0.1) is 0 Å². The summed E-state index contributed by atoms with van der Waals surface area (Å²) in [6, 6.07) is 10.5. The molecule has 1 heteroatoms. The lowest BCUT2D eigenvalue weighted by molar-refractivity contribution is 0.362. The molecule has 1 nitrogen and oxygen atoms in total. The lowest BCUT2D eigenvalue weighted by Gasteiger charge is -2.01. The molecule has 1 rings (SSSR count). The smallest absolute Gasteiger partial charge is 0.120 e. The first-order valence-corrected chi connectivity index (χ1v) is 4.01. The normalized spacial score (nSPS) is 9.17. The summed E-state index contributed by atoms with van der Waals surface area (Å²) in [5, 5.41) is 0. The van der Waals surface area contributed by atoms with Crippen LogP contribution in [0.15, 0.2) is 35.9 Å². The van der Waals surface area contributed by atoms with Crippen LogP contribution in [-0.2, 0) is 0 Å². The van der Waals surface area contributed by atoms with Crippen LogP contribution in [0.25, 0.3) is 0 Å². The highest BCUT2D eigenvalue weighted by Gasteiger charge is 1.87. The lowest BCUT2D eigenvalue weighted by atomic mass is 10.3. The molecule has 63 valence electrons. The number of ether oxygens (including phenoxy) is 1. The number of rotatable bonds is 3. The van der Waals surface area contributed by atoms with Crippen molar-refractivity contribution in [2.75, 3.05) is 6.61 Å². The molecule has 0 atom stereocenters. The van der Waals surface area contributed by atoms with Gasteiger partial charge in [0.2, 0.25) is 0 Å². The van der Waals surface area contributed by atoms with E-state index in [9.17, 15) is 0 Å². The molecule has 12 heavy (non-hydrogen) atoms. The molecule has 0 fully saturated rings. The van der Waals surface area contributed by atoms with Gasteiger partial charge in [-0.2, -0.15) is 0 Å². The van der Waals surface area contributed by atoms with Gasteiger partial charge >= 0.3 is 0 Å². The van der Waals surface area contributed by atoms with Gasteiger partial charge < -0.3 is 4.74 Å². The third-order valence-electron chi connectivity index (χ3n) is 1.42. The van der Waals surface area contributed by atoms with Crippen LogP contribution < -0.4 is 4.74 Å². The summed E-state index contributed by atoms with van der Waals surface area (Å²) in [5.41, 5.74) is 1.27. The third kappa shape index (κ3) is 3.24. The van der Waals surface area contributed by atoms with E-state index in [2.05, 4.69) is 19.9 Å². The first kappa shape index (κ1) is 8.85. The first-order valence-electron chi connectivity index (χ1n) is 4.01. The SMILES string of the molecule is CC(C)=CCOc1c[c]ccc1. The molecule has 0 amide bonds. The average Bonchev–Trinajstić information content (AvgIpc) is 2.05. The van der Waals surface area contributed by atoms with Gasteiger partial charge in [0.1, 0.15) is 12.4 Å². The van der Waals surface area contributed by atoms with Crippen molar-refractivity contribution in [2.45, 2.75) is 13.8 Å². The van der Waals surface area contributed by atoms with Gasteiger partial charge in [0.15, 0.2) is 0 Å². The van der Waals surface area contributed by atoms with Crippen LogP contribution in [-0.4, -0.2) is 6.61 Å². The maximum absolute atomic E-state index is 5.41. The van der Waals surface area contributed by atoms with Crippen LogP contribution in [0, 0.1) is 6.07 Å². The predicted molar refractivity (Wildman–Crippen MR) is 50.2 cm³/mol. The van der Waals surface area contributed by atoms with Crippen LogP contribution >= 0.6 is 0 Å². The molecule has 0 N–H and O–H groups in total. The van der Waals surface area contributed by atoms with E-state index in [1.54, 1.807) is 0 Å². The molecule has 0 saturated heterocycles. The fourth-order valence-electron chi connectivity index (χ4n) is 0.771.